The Kier molecular flexibility index (Phi) is 4.85. The van der Waals surface area contributed by atoms with Crippen LogP contribution in [0.3, 0.4) is 0 Å². The molecule has 0 bridgehead atoms. The minimum atomic E-state index is -0.238. The van der Waals surface area contributed by atoms with Crippen LogP contribution in [-0.2, 0) is 6.54 Å². The Hall–Kier alpha value is -3.06. The molecule has 0 spiro atoms. The number of rotatable bonds is 5. The number of anilines is 1. The van der Waals surface area contributed by atoms with E-state index in [2.05, 4.69) is 25.6 Å². The van der Waals surface area contributed by atoms with E-state index >= 15 is 0 Å². The van der Waals surface area contributed by atoms with Crippen LogP contribution >= 0.6 is 0 Å². The molecular weight excluding hydrogens is 316 g/mol. The highest BCUT2D eigenvalue weighted by atomic mass is 16.1. The second-order valence-corrected chi connectivity index (χ2v) is 5.70. The molecule has 0 unspecified atom stereocenters. The van der Waals surface area contributed by atoms with E-state index in [-0.39, 0.29) is 5.91 Å². The highest BCUT2D eigenvalue weighted by Gasteiger charge is 2.09. The van der Waals surface area contributed by atoms with E-state index in [4.69, 9.17) is 0 Å². The zero-order valence-electron chi connectivity index (χ0n) is 14.4. The molecule has 0 aliphatic heterocycles. The summed E-state index contributed by atoms with van der Waals surface area (Å²) < 4.78 is 2.01. The summed E-state index contributed by atoms with van der Waals surface area (Å²) in [5.74, 6) is 0.410. The summed E-state index contributed by atoms with van der Waals surface area (Å²) in [5.41, 5.74) is 4.22. The zero-order valence-corrected chi connectivity index (χ0v) is 14.4. The fourth-order valence-corrected chi connectivity index (χ4v) is 2.39. The highest BCUT2D eigenvalue weighted by Crippen LogP contribution is 2.17. The Balaban J connectivity index is 1.70. The second kappa shape index (κ2) is 7.23. The van der Waals surface area contributed by atoms with Crippen LogP contribution in [-0.4, -0.2) is 32.5 Å². The third-order valence-electron chi connectivity index (χ3n) is 3.96. The van der Waals surface area contributed by atoms with Gasteiger partial charge in [-0.15, -0.1) is 0 Å². The molecule has 0 aliphatic carbocycles. The van der Waals surface area contributed by atoms with Crippen molar-refractivity contribution in [1.82, 2.24) is 24.8 Å². The van der Waals surface area contributed by atoms with Crippen LogP contribution < -0.4 is 10.6 Å². The summed E-state index contributed by atoms with van der Waals surface area (Å²) in [4.78, 5) is 24.9. The number of nitrogens with zero attached hydrogens (tertiary/aromatic N) is 4. The summed E-state index contributed by atoms with van der Waals surface area (Å²) in [7, 11) is 1.82. The first-order valence-electron chi connectivity index (χ1n) is 7.96. The zero-order chi connectivity index (χ0) is 17.8. The van der Waals surface area contributed by atoms with Crippen molar-refractivity contribution in [2.24, 2.45) is 0 Å². The van der Waals surface area contributed by atoms with E-state index in [0.717, 1.165) is 17.1 Å². The SMILES string of the molecule is CNCc1ncc(C(=O)Nc2ccc(-n3cnc(C)c3C)cc2)cn1. The Labute approximate surface area is 146 Å². The summed E-state index contributed by atoms with van der Waals surface area (Å²) in [6.45, 7) is 4.57. The number of aromatic nitrogens is 4. The van der Waals surface area contributed by atoms with Crippen LogP contribution in [0.25, 0.3) is 5.69 Å². The number of hydrogen-bond donors (Lipinski definition) is 2. The predicted molar refractivity (Wildman–Crippen MR) is 95.8 cm³/mol. The molecule has 128 valence electrons. The lowest BCUT2D eigenvalue weighted by atomic mass is 10.2. The molecule has 1 aromatic carbocycles. The van der Waals surface area contributed by atoms with Crippen molar-refractivity contribution in [2.45, 2.75) is 20.4 Å². The quantitative estimate of drug-likeness (QED) is 0.746. The van der Waals surface area contributed by atoms with E-state index < -0.39 is 0 Å². The number of nitrogens with one attached hydrogen (secondary N) is 2. The summed E-state index contributed by atoms with van der Waals surface area (Å²) in [6, 6.07) is 7.60. The van der Waals surface area contributed by atoms with Crippen molar-refractivity contribution in [2.75, 3.05) is 12.4 Å². The molecule has 0 aliphatic rings. The van der Waals surface area contributed by atoms with Gasteiger partial charge in [0.1, 0.15) is 5.82 Å². The lowest BCUT2D eigenvalue weighted by Crippen LogP contribution is -2.14. The van der Waals surface area contributed by atoms with Gasteiger partial charge in [0.05, 0.1) is 24.1 Å². The standard InChI is InChI=1S/C18H20N6O/c1-12-13(2)24(11-22-12)16-6-4-15(5-7-16)23-18(25)14-8-20-17(10-19-3)21-9-14/h4-9,11,19H,10H2,1-3H3,(H,23,25). The number of carbonyl (C=O) groups excluding carboxylic acids is 1. The molecular formula is C18H20N6O. The van der Waals surface area contributed by atoms with Gasteiger partial charge in [-0.3, -0.25) is 4.79 Å². The minimum Gasteiger partial charge on any atom is -0.322 e. The molecule has 0 fully saturated rings. The Morgan fingerprint density at radius 1 is 1.08 bits per heavy atom. The number of aryl methyl sites for hydroxylation is 1. The van der Waals surface area contributed by atoms with Gasteiger partial charge in [-0.1, -0.05) is 0 Å². The maximum Gasteiger partial charge on any atom is 0.258 e. The number of benzene rings is 1. The predicted octanol–water partition coefficient (Wildman–Crippen LogP) is 2.25. The minimum absolute atomic E-state index is 0.238. The van der Waals surface area contributed by atoms with Gasteiger partial charge in [-0.25, -0.2) is 15.0 Å². The van der Waals surface area contributed by atoms with E-state index in [9.17, 15) is 4.79 Å². The molecule has 0 radical (unpaired) electrons. The van der Waals surface area contributed by atoms with Crippen LogP contribution in [0.4, 0.5) is 5.69 Å². The van der Waals surface area contributed by atoms with Crippen molar-refractivity contribution in [3.05, 3.63) is 65.8 Å². The molecule has 2 N–H and O–H groups in total. The fourth-order valence-electron chi connectivity index (χ4n) is 2.39. The van der Waals surface area contributed by atoms with Gasteiger partial charge in [0.2, 0.25) is 0 Å². The van der Waals surface area contributed by atoms with Gasteiger partial charge in [0, 0.05) is 29.5 Å². The monoisotopic (exact) mass is 336 g/mol. The smallest absolute Gasteiger partial charge is 0.258 e. The van der Waals surface area contributed by atoms with Gasteiger partial charge in [-0.05, 0) is 45.2 Å². The lowest BCUT2D eigenvalue weighted by Gasteiger charge is -2.08. The van der Waals surface area contributed by atoms with Crippen molar-refractivity contribution >= 4 is 11.6 Å². The first-order valence-corrected chi connectivity index (χ1v) is 7.96. The number of amides is 1. The van der Waals surface area contributed by atoms with Gasteiger partial charge in [0.25, 0.3) is 5.91 Å². The van der Waals surface area contributed by atoms with Crippen LogP contribution in [0.5, 0.6) is 0 Å². The van der Waals surface area contributed by atoms with Crippen LogP contribution in [0.1, 0.15) is 27.6 Å². The van der Waals surface area contributed by atoms with E-state index in [1.54, 1.807) is 6.33 Å². The van der Waals surface area contributed by atoms with Crippen molar-refractivity contribution in [3.63, 3.8) is 0 Å². The van der Waals surface area contributed by atoms with Crippen LogP contribution in [0.15, 0.2) is 43.0 Å². The van der Waals surface area contributed by atoms with E-state index in [1.165, 1.54) is 12.4 Å². The molecule has 0 saturated heterocycles. The number of imidazole rings is 1. The molecule has 7 heteroatoms. The first-order chi connectivity index (χ1) is 12.1. The molecule has 1 amide bonds. The summed E-state index contributed by atoms with van der Waals surface area (Å²) in [5, 5.41) is 5.81. The van der Waals surface area contributed by atoms with E-state index in [1.807, 2.05) is 49.7 Å². The molecule has 2 aromatic heterocycles. The van der Waals surface area contributed by atoms with Gasteiger partial charge in [-0.2, -0.15) is 0 Å². The molecule has 0 saturated carbocycles. The fraction of sp³-hybridized carbons (Fsp3) is 0.222. The molecule has 3 rings (SSSR count). The Morgan fingerprint density at radius 2 is 1.76 bits per heavy atom. The van der Waals surface area contributed by atoms with Crippen molar-refractivity contribution in [1.29, 1.82) is 0 Å². The summed E-state index contributed by atoms with van der Waals surface area (Å²) in [6.07, 6.45) is 4.85. The maximum absolute atomic E-state index is 12.3. The molecule has 7 nitrogen and oxygen atoms in total. The van der Waals surface area contributed by atoms with Crippen molar-refractivity contribution < 1.29 is 4.79 Å². The number of hydrogen-bond acceptors (Lipinski definition) is 5. The summed E-state index contributed by atoms with van der Waals surface area (Å²) >= 11 is 0. The van der Waals surface area contributed by atoms with Gasteiger partial charge < -0.3 is 15.2 Å². The third kappa shape index (κ3) is 3.72. The van der Waals surface area contributed by atoms with Gasteiger partial charge in [0.15, 0.2) is 0 Å². The Bertz CT molecular complexity index is 868. The van der Waals surface area contributed by atoms with Crippen molar-refractivity contribution in [3.8, 4) is 5.69 Å². The maximum atomic E-state index is 12.3. The lowest BCUT2D eigenvalue weighted by molar-refractivity contribution is 0.102. The molecule has 2 heterocycles. The van der Waals surface area contributed by atoms with Crippen LogP contribution in [0, 0.1) is 13.8 Å². The topological polar surface area (TPSA) is 84.7 Å². The normalized spacial score (nSPS) is 10.7. The average Bonchev–Trinajstić information content (AvgIpc) is 2.96. The van der Waals surface area contributed by atoms with Gasteiger partial charge >= 0.3 is 0 Å². The van der Waals surface area contributed by atoms with Crippen LogP contribution in [0.2, 0.25) is 0 Å². The number of carbonyl (C=O) groups is 1. The highest BCUT2D eigenvalue weighted by molar-refractivity contribution is 6.03. The Morgan fingerprint density at radius 3 is 2.32 bits per heavy atom. The average molecular weight is 336 g/mol. The first kappa shape index (κ1) is 16.8. The molecule has 0 atom stereocenters. The molecule has 3 aromatic rings. The molecule has 25 heavy (non-hydrogen) atoms. The third-order valence-corrected chi connectivity index (χ3v) is 3.96. The second-order valence-electron chi connectivity index (χ2n) is 5.70. The van der Waals surface area contributed by atoms with E-state index in [0.29, 0.717) is 23.6 Å². The largest absolute Gasteiger partial charge is 0.322 e.